The molecule has 0 saturated carbocycles. The number of carbonyl (C=O) groups excluding carboxylic acids is 1. The summed E-state index contributed by atoms with van der Waals surface area (Å²) in [5.74, 6) is -0.0197. The molecule has 5 nitrogen and oxygen atoms in total. The maximum atomic E-state index is 13.4. The summed E-state index contributed by atoms with van der Waals surface area (Å²) < 4.78 is 24.2. The molecule has 1 amide bonds. The van der Waals surface area contributed by atoms with Gasteiger partial charge in [-0.2, -0.15) is 0 Å². The Balaban J connectivity index is 1.86. The highest BCUT2D eigenvalue weighted by molar-refractivity contribution is 5.77. The molecule has 1 aromatic rings. The smallest absolute Gasteiger partial charge is 0.246 e. The Bertz CT molecular complexity index is 504. The Morgan fingerprint density at radius 1 is 1.45 bits per heavy atom. The molecule has 2 N–H and O–H groups in total. The maximum absolute atomic E-state index is 13.4. The quantitative estimate of drug-likeness (QED) is 0.841. The summed E-state index contributed by atoms with van der Waals surface area (Å²) in [6, 6.07) is 3.91. The number of piperidine rings is 1. The van der Waals surface area contributed by atoms with Gasteiger partial charge in [-0.3, -0.25) is 4.79 Å². The second kappa shape index (κ2) is 8.10. The van der Waals surface area contributed by atoms with Crippen molar-refractivity contribution in [3.63, 3.8) is 0 Å². The molecule has 1 heterocycles. The molecule has 22 heavy (non-hydrogen) atoms. The van der Waals surface area contributed by atoms with Crippen LogP contribution in [0.3, 0.4) is 0 Å². The van der Waals surface area contributed by atoms with Crippen molar-refractivity contribution in [3.05, 3.63) is 29.6 Å². The normalized spacial score (nSPS) is 17.0. The van der Waals surface area contributed by atoms with Gasteiger partial charge >= 0.3 is 0 Å². The van der Waals surface area contributed by atoms with Crippen molar-refractivity contribution in [1.29, 1.82) is 0 Å². The molecule has 6 heteroatoms. The fourth-order valence-corrected chi connectivity index (χ4v) is 2.56. The van der Waals surface area contributed by atoms with Crippen LogP contribution in [0.2, 0.25) is 0 Å². The summed E-state index contributed by atoms with van der Waals surface area (Å²) >= 11 is 0. The molecule has 122 valence electrons. The average Bonchev–Trinajstić information content (AvgIpc) is 2.54. The predicted molar refractivity (Wildman–Crippen MR) is 81.4 cm³/mol. The molecule has 0 bridgehead atoms. The molecule has 0 aromatic heterocycles. The summed E-state index contributed by atoms with van der Waals surface area (Å²) in [6.07, 6.45) is 1.96. The summed E-state index contributed by atoms with van der Waals surface area (Å²) in [7, 11) is 1.52. The summed E-state index contributed by atoms with van der Waals surface area (Å²) in [5.41, 5.74) is 0.609. The molecule has 1 aliphatic heterocycles. The molecule has 1 fully saturated rings. The first-order valence-corrected chi connectivity index (χ1v) is 7.55. The Kier molecular flexibility index (Phi) is 6.15. The van der Waals surface area contributed by atoms with E-state index in [4.69, 9.17) is 9.47 Å². The number of ether oxygens (including phenoxy) is 2. The Hall–Kier alpha value is -1.66. The number of benzene rings is 1. The number of nitrogens with one attached hydrogen (secondary N) is 2. The number of hydrogen-bond donors (Lipinski definition) is 2. The van der Waals surface area contributed by atoms with Gasteiger partial charge in [0.1, 0.15) is 18.2 Å². The Labute approximate surface area is 130 Å². The van der Waals surface area contributed by atoms with Crippen LogP contribution in [0.4, 0.5) is 4.39 Å². The molecular formula is C16H23FN2O3. The van der Waals surface area contributed by atoms with Crippen LogP contribution in [-0.2, 0) is 9.53 Å². The van der Waals surface area contributed by atoms with Gasteiger partial charge in [0, 0.05) is 5.56 Å². The van der Waals surface area contributed by atoms with Gasteiger partial charge in [-0.05, 0) is 51.1 Å². The first kappa shape index (κ1) is 16.7. The summed E-state index contributed by atoms with van der Waals surface area (Å²) in [5, 5.41) is 6.06. The van der Waals surface area contributed by atoms with Crippen LogP contribution in [0.15, 0.2) is 18.2 Å². The van der Waals surface area contributed by atoms with Gasteiger partial charge < -0.3 is 20.1 Å². The Morgan fingerprint density at radius 2 is 2.18 bits per heavy atom. The molecule has 0 spiro atoms. The van der Waals surface area contributed by atoms with E-state index in [1.54, 1.807) is 13.0 Å². The fraction of sp³-hybridized carbons (Fsp3) is 0.562. The van der Waals surface area contributed by atoms with Gasteiger partial charge in [0.25, 0.3) is 0 Å². The highest BCUT2D eigenvalue weighted by Crippen LogP contribution is 2.25. The SMILES string of the molecule is COc1ccc(F)cc1C(C)NC(=O)COC1CCNCC1. The number of hydrogen-bond acceptors (Lipinski definition) is 4. The third kappa shape index (κ3) is 4.68. The number of methoxy groups -OCH3 is 1. The number of carbonyl (C=O) groups is 1. The van der Waals surface area contributed by atoms with Crippen molar-refractivity contribution in [2.75, 3.05) is 26.8 Å². The molecule has 0 radical (unpaired) electrons. The number of amides is 1. The highest BCUT2D eigenvalue weighted by Gasteiger charge is 2.18. The van der Waals surface area contributed by atoms with Gasteiger partial charge in [0.05, 0.1) is 19.3 Å². The zero-order valence-electron chi connectivity index (χ0n) is 13.0. The van der Waals surface area contributed by atoms with E-state index in [2.05, 4.69) is 10.6 Å². The molecule has 2 rings (SSSR count). The van der Waals surface area contributed by atoms with Gasteiger partial charge in [-0.25, -0.2) is 4.39 Å². The zero-order valence-corrected chi connectivity index (χ0v) is 13.0. The average molecular weight is 310 g/mol. The third-order valence-corrected chi connectivity index (χ3v) is 3.77. The van der Waals surface area contributed by atoms with Crippen LogP contribution in [0.25, 0.3) is 0 Å². The van der Waals surface area contributed by atoms with Gasteiger partial charge in [0.15, 0.2) is 0 Å². The topological polar surface area (TPSA) is 59.6 Å². The second-order valence-corrected chi connectivity index (χ2v) is 5.44. The molecular weight excluding hydrogens is 287 g/mol. The fourth-order valence-electron chi connectivity index (χ4n) is 2.56. The van der Waals surface area contributed by atoms with Crippen LogP contribution in [0.1, 0.15) is 31.4 Å². The molecule has 1 saturated heterocycles. The molecule has 1 atom stereocenters. The first-order chi connectivity index (χ1) is 10.6. The highest BCUT2D eigenvalue weighted by atomic mass is 19.1. The van der Waals surface area contributed by atoms with Crippen molar-refractivity contribution in [3.8, 4) is 5.75 Å². The molecule has 1 unspecified atom stereocenters. The predicted octanol–water partition coefficient (Wildman–Crippen LogP) is 1.78. The third-order valence-electron chi connectivity index (χ3n) is 3.77. The minimum absolute atomic E-state index is 0.0205. The van der Waals surface area contributed by atoms with E-state index in [9.17, 15) is 9.18 Å². The molecule has 1 aliphatic rings. The lowest BCUT2D eigenvalue weighted by molar-refractivity contribution is -0.128. The van der Waals surface area contributed by atoms with Crippen molar-refractivity contribution >= 4 is 5.91 Å². The number of rotatable bonds is 6. The summed E-state index contributed by atoms with van der Waals surface area (Å²) in [6.45, 7) is 3.65. The lowest BCUT2D eigenvalue weighted by Gasteiger charge is -2.23. The number of halogens is 1. The lowest BCUT2D eigenvalue weighted by atomic mass is 10.1. The van der Waals surface area contributed by atoms with Crippen LogP contribution in [-0.4, -0.2) is 38.8 Å². The second-order valence-electron chi connectivity index (χ2n) is 5.44. The van der Waals surface area contributed by atoms with Crippen molar-refractivity contribution < 1.29 is 18.7 Å². The van der Waals surface area contributed by atoms with Gasteiger partial charge in [0.2, 0.25) is 5.91 Å². The van der Waals surface area contributed by atoms with Crippen molar-refractivity contribution in [1.82, 2.24) is 10.6 Å². The largest absolute Gasteiger partial charge is 0.496 e. The minimum Gasteiger partial charge on any atom is -0.496 e. The minimum atomic E-state index is -0.358. The van der Waals surface area contributed by atoms with Crippen LogP contribution < -0.4 is 15.4 Å². The maximum Gasteiger partial charge on any atom is 0.246 e. The van der Waals surface area contributed by atoms with Gasteiger partial charge in [-0.15, -0.1) is 0 Å². The zero-order chi connectivity index (χ0) is 15.9. The monoisotopic (exact) mass is 310 g/mol. The van der Waals surface area contributed by atoms with E-state index in [1.165, 1.54) is 19.2 Å². The van der Waals surface area contributed by atoms with E-state index < -0.39 is 0 Å². The van der Waals surface area contributed by atoms with Crippen LogP contribution in [0, 0.1) is 5.82 Å². The van der Waals surface area contributed by atoms with E-state index in [1.807, 2.05) is 0 Å². The van der Waals surface area contributed by atoms with E-state index >= 15 is 0 Å². The van der Waals surface area contributed by atoms with Crippen molar-refractivity contribution in [2.24, 2.45) is 0 Å². The lowest BCUT2D eigenvalue weighted by Crippen LogP contribution is -2.36. The van der Waals surface area contributed by atoms with Crippen LogP contribution in [0.5, 0.6) is 5.75 Å². The van der Waals surface area contributed by atoms with Crippen molar-refractivity contribution in [2.45, 2.75) is 31.9 Å². The van der Waals surface area contributed by atoms with E-state index in [-0.39, 0.29) is 30.5 Å². The van der Waals surface area contributed by atoms with E-state index in [0.29, 0.717) is 11.3 Å². The van der Waals surface area contributed by atoms with Gasteiger partial charge in [-0.1, -0.05) is 0 Å². The molecule has 1 aromatic carbocycles. The Morgan fingerprint density at radius 3 is 2.86 bits per heavy atom. The summed E-state index contributed by atoms with van der Waals surface area (Å²) in [4.78, 5) is 12.0. The standard InChI is InChI=1S/C16H23FN2O3/c1-11(14-9-12(17)3-4-15(14)21-2)19-16(20)10-22-13-5-7-18-8-6-13/h3-4,9,11,13,18H,5-8,10H2,1-2H3,(H,19,20). The van der Waals surface area contributed by atoms with E-state index in [0.717, 1.165) is 25.9 Å². The molecule has 0 aliphatic carbocycles. The van der Waals surface area contributed by atoms with Crippen LogP contribution >= 0.6 is 0 Å². The first-order valence-electron chi connectivity index (χ1n) is 7.55.